The van der Waals surface area contributed by atoms with Crippen molar-refractivity contribution in [1.29, 1.82) is 0 Å². The van der Waals surface area contributed by atoms with Crippen LogP contribution in [0.5, 0.6) is 0 Å². The molecule has 0 aliphatic heterocycles. The topological polar surface area (TPSA) is 97.1 Å². The van der Waals surface area contributed by atoms with Crippen molar-refractivity contribution in [3.63, 3.8) is 0 Å². The largest absolute Gasteiger partial charge is 0.481 e. The van der Waals surface area contributed by atoms with E-state index in [1.54, 1.807) is 27.1 Å². The monoisotopic (exact) mass is 282 g/mol. The highest BCUT2D eigenvalue weighted by Gasteiger charge is 2.38. The van der Waals surface area contributed by atoms with E-state index in [-0.39, 0.29) is 24.8 Å². The van der Waals surface area contributed by atoms with Crippen molar-refractivity contribution < 1.29 is 14.7 Å². The van der Waals surface area contributed by atoms with Crippen molar-refractivity contribution in [1.82, 2.24) is 20.1 Å². The molecule has 0 fully saturated rings. The van der Waals surface area contributed by atoms with Crippen LogP contribution in [-0.4, -0.2) is 31.7 Å². The lowest BCUT2D eigenvalue weighted by molar-refractivity contribution is -0.153. The van der Waals surface area contributed by atoms with Gasteiger partial charge in [0.1, 0.15) is 6.33 Å². The SMILES string of the molecule is CCn1cnnc1CNC(=O)CC(C)(C(=O)O)C(C)C. The van der Waals surface area contributed by atoms with Gasteiger partial charge >= 0.3 is 5.97 Å². The zero-order valence-electron chi connectivity index (χ0n) is 12.4. The van der Waals surface area contributed by atoms with E-state index < -0.39 is 11.4 Å². The first-order valence-electron chi connectivity index (χ1n) is 6.68. The third kappa shape index (κ3) is 3.55. The van der Waals surface area contributed by atoms with Crippen LogP contribution in [0.1, 0.15) is 39.9 Å². The van der Waals surface area contributed by atoms with Crippen molar-refractivity contribution in [2.45, 2.75) is 47.2 Å². The van der Waals surface area contributed by atoms with Gasteiger partial charge < -0.3 is 15.0 Å². The van der Waals surface area contributed by atoms with Crippen LogP contribution in [0.15, 0.2) is 6.33 Å². The molecule has 0 bridgehead atoms. The zero-order valence-corrected chi connectivity index (χ0v) is 12.4. The molecule has 20 heavy (non-hydrogen) atoms. The van der Waals surface area contributed by atoms with Crippen LogP contribution in [0.25, 0.3) is 0 Å². The van der Waals surface area contributed by atoms with Crippen molar-refractivity contribution in [3.8, 4) is 0 Å². The number of carboxylic acid groups (broad SMARTS) is 1. The van der Waals surface area contributed by atoms with E-state index >= 15 is 0 Å². The second kappa shape index (κ2) is 6.49. The fraction of sp³-hybridized carbons (Fsp3) is 0.692. The summed E-state index contributed by atoms with van der Waals surface area (Å²) in [5, 5.41) is 19.7. The van der Waals surface area contributed by atoms with E-state index in [1.807, 2.05) is 11.5 Å². The molecule has 0 spiro atoms. The average Bonchev–Trinajstić information content (AvgIpc) is 2.83. The van der Waals surface area contributed by atoms with E-state index in [4.69, 9.17) is 0 Å². The lowest BCUT2D eigenvalue weighted by Gasteiger charge is -2.28. The van der Waals surface area contributed by atoms with E-state index in [2.05, 4.69) is 15.5 Å². The summed E-state index contributed by atoms with van der Waals surface area (Å²) in [4.78, 5) is 23.3. The number of hydrogen-bond donors (Lipinski definition) is 2. The van der Waals surface area contributed by atoms with Gasteiger partial charge in [0.05, 0.1) is 12.0 Å². The molecular weight excluding hydrogens is 260 g/mol. The number of rotatable bonds is 7. The molecule has 1 aromatic heterocycles. The molecule has 112 valence electrons. The minimum atomic E-state index is -1.07. The van der Waals surface area contributed by atoms with Crippen molar-refractivity contribution >= 4 is 11.9 Å². The molecule has 1 unspecified atom stereocenters. The van der Waals surface area contributed by atoms with Crippen molar-refractivity contribution in [2.75, 3.05) is 0 Å². The molecule has 1 heterocycles. The summed E-state index contributed by atoms with van der Waals surface area (Å²) in [5.41, 5.74) is -1.07. The van der Waals surface area contributed by atoms with Crippen LogP contribution >= 0.6 is 0 Å². The second-order valence-electron chi connectivity index (χ2n) is 5.36. The summed E-state index contributed by atoms with van der Waals surface area (Å²) < 4.78 is 1.82. The lowest BCUT2D eigenvalue weighted by atomic mass is 9.76. The minimum absolute atomic E-state index is 0.0553. The number of aryl methyl sites for hydroxylation is 1. The summed E-state index contributed by atoms with van der Waals surface area (Å²) >= 11 is 0. The van der Waals surface area contributed by atoms with Crippen LogP contribution in [-0.2, 0) is 22.7 Å². The molecule has 1 atom stereocenters. The normalized spacial score (nSPS) is 14.1. The number of nitrogens with one attached hydrogen (secondary N) is 1. The molecule has 0 saturated carbocycles. The Morgan fingerprint density at radius 2 is 2.15 bits per heavy atom. The molecule has 0 aliphatic carbocycles. The zero-order chi connectivity index (χ0) is 15.3. The lowest BCUT2D eigenvalue weighted by Crippen LogP contribution is -2.39. The Bertz CT molecular complexity index is 484. The smallest absolute Gasteiger partial charge is 0.310 e. The van der Waals surface area contributed by atoms with Gasteiger partial charge in [-0.1, -0.05) is 13.8 Å². The van der Waals surface area contributed by atoms with Crippen LogP contribution < -0.4 is 5.32 Å². The standard InChI is InChI=1S/C13H22N4O3/c1-5-17-8-15-16-10(17)7-14-11(18)6-13(4,9(2)3)12(19)20/h8-9H,5-7H2,1-4H3,(H,14,18)(H,19,20). The summed E-state index contributed by atoms with van der Waals surface area (Å²) in [6, 6.07) is 0. The molecule has 0 radical (unpaired) electrons. The first-order chi connectivity index (χ1) is 9.31. The molecule has 7 heteroatoms. The molecule has 1 rings (SSSR count). The molecule has 1 aromatic rings. The van der Waals surface area contributed by atoms with Gasteiger partial charge in [0.2, 0.25) is 5.91 Å². The number of aromatic nitrogens is 3. The maximum atomic E-state index is 11.9. The molecule has 0 aromatic carbocycles. The summed E-state index contributed by atoms with van der Waals surface area (Å²) in [6.45, 7) is 8.12. The predicted octanol–water partition coefficient (Wildman–Crippen LogP) is 1.05. The molecule has 0 aliphatic rings. The third-order valence-electron chi connectivity index (χ3n) is 3.77. The van der Waals surface area contributed by atoms with Gasteiger partial charge in [0.25, 0.3) is 0 Å². The molecule has 7 nitrogen and oxygen atoms in total. The highest BCUT2D eigenvalue weighted by atomic mass is 16.4. The first-order valence-corrected chi connectivity index (χ1v) is 6.68. The van der Waals surface area contributed by atoms with Gasteiger partial charge in [-0.3, -0.25) is 9.59 Å². The number of carboxylic acids is 1. The van der Waals surface area contributed by atoms with Gasteiger partial charge in [-0.05, 0) is 19.8 Å². The predicted molar refractivity (Wildman–Crippen MR) is 72.7 cm³/mol. The molecule has 0 saturated heterocycles. The van der Waals surface area contributed by atoms with Crippen LogP contribution in [0.2, 0.25) is 0 Å². The van der Waals surface area contributed by atoms with Gasteiger partial charge in [0.15, 0.2) is 5.82 Å². The Hall–Kier alpha value is -1.92. The quantitative estimate of drug-likeness (QED) is 0.779. The molecule has 2 N–H and O–H groups in total. The maximum absolute atomic E-state index is 11.9. The fourth-order valence-corrected chi connectivity index (χ4v) is 1.78. The number of hydrogen-bond acceptors (Lipinski definition) is 4. The van der Waals surface area contributed by atoms with E-state index in [1.165, 1.54) is 0 Å². The van der Waals surface area contributed by atoms with Crippen molar-refractivity contribution in [3.05, 3.63) is 12.2 Å². The summed E-state index contributed by atoms with van der Waals surface area (Å²) in [6.07, 6.45) is 1.54. The van der Waals surface area contributed by atoms with Gasteiger partial charge in [-0.15, -0.1) is 10.2 Å². The Kier molecular flexibility index (Phi) is 5.24. The van der Waals surface area contributed by atoms with Gasteiger partial charge in [0, 0.05) is 13.0 Å². The first kappa shape index (κ1) is 16.1. The maximum Gasteiger partial charge on any atom is 0.310 e. The number of aliphatic carboxylic acids is 1. The summed E-state index contributed by atoms with van der Waals surface area (Å²) in [7, 11) is 0. The summed E-state index contributed by atoms with van der Waals surface area (Å²) in [5.74, 6) is -0.735. The van der Waals surface area contributed by atoms with E-state index in [0.29, 0.717) is 5.82 Å². The van der Waals surface area contributed by atoms with Crippen molar-refractivity contribution in [2.24, 2.45) is 11.3 Å². The fourth-order valence-electron chi connectivity index (χ4n) is 1.78. The Balaban J connectivity index is 2.62. The number of carbonyl (C=O) groups is 2. The number of amides is 1. The van der Waals surface area contributed by atoms with Gasteiger partial charge in [-0.2, -0.15) is 0 Å². The second-order valence-corrected chi connectivity index (χ2v) is 5.36. The van der Waals surface area contributed by atoms with Gasteiger partial charge in [-0.25, -0.2) is 0 Å². The minimum Gasteiger partial charge on any atom is -0.481 e. The number of nitrogens with zero attached hydrogens (tertiary/aromatic N) is 3. The highest BCUT2D eigenvalue weighted by molar-refractivity contribution is 5.84. The van der Waals surface area contributed by atoms with Crippen LogP contribution in [0, 0.1) is 11.3 Å². The molecule has 1 amide bonds. The average molecular weight is 282 g/mol. The van der Waals surface area contributed by atoms with E-state index in [9.17, 15) is 14.7 Å². The van der Waals surface area contributed by atoms with Crippen LogP contribution in [0.3, 0.4) is 0 Å². The number of carbonyl (C=O) groups excluding carboxylic acids is 1. The Labute approximate surface area is 118 Å². The molecular formula is C13H22N4O3. The third-order valence-corrected chi connectivity index (χ3v) is 3.77. The highest BCUT2D eigenvalue weighted by Crippen LogP contribution is 2.31. The van der Waals surface area contributed by atoms with Crippen LogP contribution in [0.4, 0.5) is 0 Å². The Morgan fingerprint density at radius 1 is 1.50 bits per heavy atom. The van der Waals surface area contributed by atoms with E-state index in [0.717, 1.165) is 6.54 Å². The Morgan fingerprint density at radius 3 is 2.65 bits per heavy atom.